The number of carbonyl (C=O) groups excluding carboxylic acids is 3. The number of hydrogen-bond donors (Lipinski definition) is 2. The first-order valence-corrected chi connectivity index (χ1v) is 7.45. The Morgan fingerprint density at radius 2 is 2.16 bits per heavy atom. The van der Waals surface area contributed by atoms with Crippen molar-refractivity contribution in [2.75, 3.05) is 12.4 Å². The number of nitro benzene ring substituents is 1. The van der Waals surface area contributed by atoms with E-state index in [0.29, 0.717) is 6.42 Å². The monoisotopic (exact) mass is 351 g/mol. The maximum Gasteiger partial charge on any atom is 0.329 e. The van der Waals surface area contributed by atoms with Gasteiger partial charge in [0.1, 0.15) is 17.5 Å². The van der Waals surface area contributed by atoms with Crippen molar-refractivity contribution in [2.24, 2.45) is 0 Å². The van der Waals surface area contributed by atoms with Crippen LogP contribution in [0.4, 0.5) is 11.4 Å². The number of amides is 2. The number of esters is 1. The number of anilines is 1. The Labute approximate surface area is 142 Å². The second kappa shape index (κ2) is 7.60. The molecule has 0 spiro atoms. The summed E-state index contributed by atoms with van der Waals surface area (Å²) >= 11 is 0. The van der Waals surface area contributed by atoms with Gasteiger partial charge in [-0.15, -0.1) is 0 Å². The van der Waals surface area contributed by atoms with Crippen LogP contribution in [0.15, 0.2) is 18.2 Å². The van der Waals surface area contributed by atoms with Gasteiger partial charge in [-0.2, -0.15) is 0 Å². The van der Waals surface area contributed by atoms with Crippen LogP contribution < -0.4 is 15.4 Å². The van der Waals surface area contributed by atoms with Crippen molar-refractivity contribution in [1.82, 2.24) is 5.32 Å². The third-order valence-corrected chi connectivity index (χ3v) is 3.60. The van der Waals surface area contributed by atoms with E-state index in [-0.39, 0.29) is 29.5 Å². The number of nitro groups is 1. The van der Waals surface area contributed by atoms with E-state index in [1.165, 1.54) is 32.2 Å². The van der Waals surface area contributed by atoms with Gasteiger partial charge in [-0.3, -0.25) is 19.7 Å². The number of benzene rings is 1. The first kappa shape index (κ1) is 18.2. The molecule has 10 heteroatoms. The maximum atomic E-state index is 12.1. The summed E-state index contributed by atoms with van der Waals surface area (Å²) in [6, 6.07) is 3.16. The number of hydrogen-bond acceptors (Lipinski definition) is 7. The SMILES string of the molecule is COc1ccc(NC(=O)[C@@H](C)OC(=O)[C@@H]2CCC(=O)N2)c([N+](=O)[O-])c1. The van der Waals surface area contributed by atoms with E-state index in [0.717, 1.165) is 0 Å². The Morgan fingerprint density at radius 3 is 2.72 bits per heavy atom. The molecule has 2 rings (SSSR count). The highest BCUT2D eigenvalue weighted by atomic mass is 16.6. The van der Waals surface area contributed by atoms with Crippen LogP contribution in [-0.4, -0.2) is 42.0 Å². The van der Waals surface area contributed by atoms with Crippen LogP contribution in [0.5, 0.6) is 5.75 Å². The van der Waals surface area contributed by atoms with Crippen LogP contribution in [0, 0.1) is 10.1 Å². The summed E-state index contributed by atoms with van der Waals surface area (Å²) in [7, 11) is 1.36. The van der Waals surface area contributed by atoms with Crippen LogP contribution in [0.1, 0.15) is 19.8 Å². The van der Waals surface area contributed by atoms with Gasteiger partial charge in [0, 0.05) is 6.42 Å². The Bertz CT molecular complexity index is 719. The lowest BCUT2D eigenvalue weighted by molar-refractivity contribution is -0.384. The van der Waals surface area contributed by atoms with Crippen LogP contribution >= 0.6 is 0 Å². The molecule has 2 N–H and O–H groups in total. The molecular weight excluding hydrogens is 334 g/mol. The summed E-state index contributed by atoms with van der Waals surface area (Å²) in [6.45, 7) is 1.33. The van der Waals surface area contributed by atoms with Gasteiger partial charge < -0.3 is 20.1 Å². The van der Waals surface area contributed by atoms with Crippen molar-refractivity contribution in [3.63, 3.8) is 0 Å². The van der Waals surface area contributed by atoms with E-state index in [9.17, 15) is 24.5 Å². The first-order valence-electron chi connectivity index (χ1n) is 7.45. The van der Waals surface area contributed by atoms with Crippen molar-refractivity contribution in [3.8, 4) is 5.75 Å². The predicted molar refractivity (Wildman–Crippen MR) is 85.0 cm³/mol. The normalized spacial score (nSPS) is 17.4. The van der Waals surface area contributed by atoms with Crippen molar-refractivity contribution in [1.29, 1.82) is 0 Å². The fraction of sp³-hybridized carbons (Fsp3) is 0.400. The minimum Gasteiger partial charge on any atom is -0.496 e. The number of nitrogens with one attached hydrogen (secondary N) is 2. The highest BCUT2D eigenvalue weighted by Gasteiger charge is 2.31. The fourth-order valence-corrected chi connectivity index (χ4v) is 2.23. The van der Waals surface area contributed by atoms with Gasteiger partial charge in [0.15, 0.2) is 6.10 Å². The Balaban J connectivity index is 2.02. The zero-order valence-electron chi connectivity index (χ0n) is 13.6. The molecule has 1 aromatic rings. The Morgan fingerprint density at radius 1 is 1.44 bits per heavy atom. The minimum absolute atomic E-state index is 0.0483. The van der Waals surface area contributed by atoms with Gasteiger partial charge in [-0.05, 0) is 25.5 Å². The van der Waals surface area contributed by atoms with Crippen LogP contribution in [0.3, 0.4) is 0 Å². The van der Waals surface area contributed by atoms with Gasteiger partial charge in [-0.25, -0.2) is 4.79 Å². The van der Waals surface area contributed by atoms with E-state index in [4.69, 9.17) is 9.47 Å². The Kier molecular flexibility index (Phi) is 5.52. The molecule has 2 amide bonds. The number of rotatable bonds is 6. The Hall–Kier alpha value is -3.17. The first-order chi connectivity index (χ1) is 11.8. The van der Waals surface area contributed by atoms with E-state index >= 15 is 0 Å². The summed E-state index contributed by atoms with van der Waals surface area (Å²) in [5.41, 5.74) is -0.401. The molecule has 25 heavy (non-hydrogen) atoms. The smallest absolute Gasteiger partial charge is 0.329 e. The molecule has 0 aliphatic carbocycles. The molecule has 1 fully saturated rings. The van der Waals surface area contributed by atoms with Gasteiger partial charge in [0.25, 0.3) is 11.6 Å². The fourth-order valence-electron chi connectivity index (χ4n) is 2.23. The molecule has 0 radical (unpaired) electrons. The zero-order chi connectivity index (χ0) is 18.6. The molecule has 134 valence electrons. The number of methoxy groups -OCH3 is 1. The van der Waals surface area contributed by atoms with Crippen LogP contribution in [0.25, 0.3) is 0 Å². The lowest BCUT2D eigenvalue weighted by Crippen LogP contribution is -2.39. The van der Waals surface area contributed by atoms with E-state index in [1.54, 1.807) is 0 Å². The van der Waals surface area contributed by atoms with Crippen molar-refractivity contribution >= 4 is 29.2 Å². The molecule has 0 unspecified atom stereocenters. The highest BCUT2D eigenvalue weighted by molar-refractivity contribution is 5.97. The second-order valence-electron chi connectivity index (χ2n) is 5.37. The molecule has 1 aromatic carbocycles. The number of ether oxygens (including phenoxy) is 2. The molecule has 1 aliphatic rings. The maximum absolute atomic E-state index is 12.1. The topological polar surface area (TPSA) is 137 Å². The van der Waals surface area contributed by atoms with Gasteiger partial charge in [0.2, 0.25) is 5.91 Å². The number of nitrogens with zero attached hydrogens (tertiary/aromatic N) is 1. The third-order valence-electron chi connectivity index (χ3n) is 3.60. The molecule has 1 saturated heterocycles. The lowest BCUT2D eigenvalue weighted by Gasteiger charge is -2.16. The van der Waals surface area contributed by atoms with Gasteiger partial charge in [-0.1, -0.05) is 0 Å². The molecule has 0 bridgehead atoms. The van der Waals surface area contributed by atoms with Crippen LogP contribution in [0.2, 0.25) is 0 Å². The van der Waals surface area contributed by atoms with Gasteiger partial charge >= 0.3 is 5.97 Å². The average Bonchev–Trinajstić information content (AvgIpc) is 3.01. The van der Waals surface area contributed by atoms with Crippen LogP contribution in [-0.2, 0) is 19.1 Å². The molecule has 10 nitrogen and oxygen atoms in total. The molecule has 0 aromatic heterocycles. The zero-order valence-corrected chi connectivity index (χ0v) is 13.6. The van der Waals surface area contributed by atoms with E-state index < -0.39 is 28.9 Å². The van der Waals surface area contributed by atoms with E-state index in [2.05, 4.69) is 10.6 Å². The molecule has 2 atom stereocenters. The van der Waals surface area contributed by atoms with E-state index in [1.807, 2.05) is 0 Å². The molecule has 1 heterocycles. The van der Waals surface area contributed by atoms with Crippen molar-refractivity contribution in [2.45, 2.75) is 31.9 Å². The minimum atomic E-state index is -1.19. The molecule has 1 aliphatic heterocycles. The third kappa shape index (κ3) is 4.43. The molecule has 0 saturated carbocycles. The summed E-state index contributed by atoms with van der Waals surface area (Å²) in [5.74, 6) is -1.45. The second-order valence-corrected chi connectivity index (χ2v) is 5.37. The summed E-state index contributed by atoms with van der Waals surface area (Å²) < 4.78 is 9.91. The van der Waals surface area contributed by atoms with Crippen molar-refractivity contribution < 1.29 is 28.8 Å². The quantitative estimate of drug-likeness (QED) is 0.438. The number of carbonyl (C=O) groups is 3. The van der Waals surface area contributed by atoms with Gasteiger partial charge in [0.05, 0.1) is 18.1 Å². The molecular formula is C15H17N3O7. The highest BCUT2D eigenvalue weighted by Crippen LogP contribution is 2.29. The summed E-state index contributed by atoms with van der Waals surface area (Å²) in [5, 5.41) is 15.9. The van der Waals surface area contributed by atoms with Crippen molar-refractivity contribution in [3.05, 3.63) is 28.3 Å². The standard InChI is InChI=1S/C15H17N3O7/c1-8(25-15(21)11-5-6-13(19)16-11)14(20)17-10-4-3-9(24-2)7-12(10)18(22)23/h3-4,7-8,11H,5-6H2,1-2H3,(H,16,19)(H,17,20)/t8-,11+/m1/s1. The summed E-state index contributed by atoms with van der Waals surface area (Å²) in [6.07, 6.45) is -0.666. The largest absolute Gasteiger partial charge is 0.496 e. The predicted octanol–water partition coefficient (Wildman–Crippen LogP) is 0.752. The summed E-state index contributed by atoms with van der Waals surface area (Å²) in [4.78, 5) is 45.5. The lowest BCUT2D eigenvalue weighted by atomic mass is 10.2. The average molecular weight is 351 g/mol.